The Kier molecular flexibility index (Phi) is 6.41. The number of ketones is 2. The first-order valence-electron chi connectivity index (χ1n) is 4.74. The molecule has 0 radical (unpaired) electrons. The third-order valence-corrected chi connectivity index (χ3v) is 1.70. The molecule has 0 N–H and O–H groups in total. The van der Waals surface area contributed by atoms with Gasteiger partial charge in [0.2, 0.25) is 0 Å². The van der Waals surface area contributed by atoms with Gasteiger partial charge in [-0.25, -0.2) is 0 Å². The molecule has 0 spiro atoms. The average molecular weight is 185 g/mol. The van der Waals surface area contributed by atoms with Gasteiger partial charge in [-0.15, -0.1) is 0 Å². The predicted molar refractivity (Wildman–Crippen MR) is 52.7 cm³/mol. The van der Waals surface area contributed by atoms with E-state index in [4.69, 9.17) is 0 Å². The molecule has 0 bridgehead atoms. The zero-order chi connectivity index (χ0) is 10.3. The van der Waals surface area contributed by atoms with Crippen molar-refractivity contribution in [1.82, 2.24) is 4.90 Å². The van der Waals surface area contributed by atoms with E-state index in [0.717, 1.165) is 12.8 Å². The molecule has 0 aliphatic carbocycles. The maximum atomic E-state index is 11.2. The Bertz CT molecular complexity index is 176. The zero-order valence-electron chi connectivity index (χ0n) is 8.80. The first-order valence-corrected chi connectivity index (χ1v) is 4.74. The minimum atomic E-state index is 0.0195. The monoisotopic (exact) mass is 185 g/mol. The van der Waals surface area contributed by atoms with Crippen LogP contribution >= 0.6 is 0 Å². The lowest BCUT2D eigenvalue weighted by molar-refractivity contribution is -0.127. The largest absolute Gasteiger partial charge is 0.302 e. The van der Waals surface area contributed by atoms with E-state index in [9.17, 15) is 9.59 Å². The number of hydrogen-bond acceptors (Lipinski definition) is 3. The highest BCUT2D eigenvalue weighted by atomic mass is 16.1. The highest BCUT2D eigenvalue weighted by Crippen LogP contribution is 1.99. The fourth-order valence-corrected chi connectivity index (χ4v) is 1.09. The van der Waals surface area contributed by atoms with Crippen LogP contribution in [0.25, 0.3) is 0 Å². The van der Waals surface area contributed by atoms with Crippen molar-refractivity contribution in [1.29, 1.82) is 0 Å². The normalized spacial score (nSPS) is 10.5. The molecule has 3 heteroatoms. The SMILES string of the molecule is CCCCC(=O)CC(=O)CN(C)C. The Morgan fingerprint density at radius 2 is 1.77 bits per heavy atom. The predicted octanol–water partition coefficient (Wildman–Crippen LogP) is 1.27. The highest BCUT2D eigenvalue weighted by Gasteiger charge is 2.09. The van der Waals surface area contributed by atoms with E-state index >= 15 is 0 Å². The van der Waals surface area contributed by atoms with Crippen molar-refractivity contribution in [2.24, 2.45) is 0 Å². The van der Waals surface area contributed by atoms with Crippen molar-refractivity contribution in [2.75, 3.05) is 20.6 Å². The van der Waals surface area contributed by atoms with E-state index in [-0.39, 0.29) is 18.0 Å². The summed E-state index contributed by atoms with van der Waals surface area (Å²) in [5, 5.41) is 0. The van der Waals surface area contributed by atoms with Crippen LogP contribution in [0.1, 0.15) is 32.6 Å². The Morgan fingerprint density at radius 3 is 2.23 bits per heavy atom. The van der Waals surface area contributed by atoms with Gasteiger partial charge in [0, 0.05) is 6.42 Å². The highest BCUT2D eigenvalue weighted by molar-refractivity contribution is 5.99. The average Bonchev–Trinajstić information content (AvgIpc) is 1.98. The molecule has 0 aromatic carbocycles. The molecule has 0 aromatic rings. The number of unbranched alkanes of at least 4 members (excludes halogenated alkanes) is 1. The van der Waals surface area contributed by atoms with Crippen molar-refractivity contribution in [3.8, 4) is 0 Å². The van der Waals surface area contributed by atoms with Crippen LogP contribution in [0.15, 0.2) is 0 Å². The fraction of sp³-hybridized carbons (Fsp3) is 0.800. The molecule has 0 atom stereocenters. The third kappa shape index (κ3) is 7.65. The van der Waals surface area contributed by atoms with E-state index in [2.05, 4.69) is 0 Å². The lowest BCUT2D eigenvalue weighted by atomic mass is 10.1. The van der Waals surface area contributed by atoms with Gasteiger partial charge >= 0.3 is 0 Å². The summed E-state index contributed by atoms with van der Waals surface area (Å²) in [6.45, 7) is 2.41. The van der Waals surface area contributed by atoms with Gasteiger partial charge in [-0.05, 0) is 20.5 Å². The van der Waals surface area contributed by atoms with Crippen molar-refractivity contribution >= 4 is 11.6 Å². The summed E-state index contributed by atoms with van der Waals surface area (Å²) in [5.74, 6) is 0.0970. The Morgan fingerprint density at radius 1 is 1.15 bits per heavy atom. The van der Waals surface area contributed by atoms with E-state index in [0.29, 0.717) is 13.0 Å². The number of carbonyl (C=O) groups is 2. The van der Waals surface area contributed by atoms with Crippen LogP contribution < -0.4 is 0 Å². The van der Waals surface area contributed by atoms with Crippen molar-refractivity contribution in [2.45, 2.75) is 32.6 Å². The molecule has 13 heavy (non-hydrogen) atoms. The molecule has 0 heterocycles. The fourth-order valence-electron chi connectivity index (χ4n) is 1.09. The first-order chi connectivity index (χ1) is 6.06. The Labute approximate surface area is 80.1 Å². The molecule has 0 aliphatic rings. The number of carbonyl (C=O) groups excluding carboxylic acids is 2. The smallest absolute Gasteiger partial charge is 0.154 e. The standard InChI is InChI=1S/C10H19NO2/c1-4-5-6-9(12)7-10(13)8-11(2)3/h4-8H2,1-3H3. The van der Waals surface area contributed by atoms with Gasteiger partial charge in [-0.1, -0.05) is 13.3 Å². The second-order valence-corrected chi connectivity index (χ2v) is 3.60. The van der Waals surface area contributed by atoms with E-state index < -0.39 is 0 Å². The molecular formula is C10H19NO2. The lowest BCUT2D eigenvalue weighted by Gasteiger charge is -2.07. The van der Waals surface area contributed by atoms with Gasteiger partial charge in [-0.3, -0.25) is 9.59 Å². The number of Topliss-reactive ketones (excluding diaryl/α,β-unsaturated/α-hetero) is 2. The number of rotatable bonds is 7. The van der Waals surface area contributed by atoms with Crippen molar-refractivity contribution in [3.63, 3.8) is 0 Å². The van der Waals surface area contributed by atoms with Crippen molar-refractivity contribution < 1.29 is 9.59 Å². The molecule has 0 saturated heterocycles. The van der Waals surface area contributed by atoms with Crippen LogP contribution in [0.5, 0.6) is 0 Å². The van der Waals surface area contributed by atoms with Crippen molar-refractivity contribution in [3.05, 3.63) is 0 Å². The minimum absolute atomic E-state index is 0.0195. The molecule has 0 fully saturated rings. The number of nitrogens with zero attached hydrogens (tertiary/aromatic N) is 1. The lowest BCUT2D eigenvalue weighted by Crippen LogP contribution is -2.23. The molecule has 3 nitrogen and oxygen atoms in total. The quantitative estimate of drug-likeness (QED) is 0.560. The van der Waals surface area contributed by atoms with Crippen LogP contribution in [0, 0.1) is 0 Å². The minimum Gasteiger partial charge on any atom is -0.302 e. The zero-order valence-corrected chi connectivity index (χ0v) is 8.80. The van der Waals surface area contributed by atoms with Crippen LogP contribution in [0.4, 0.5) is 0 Å². The summed E-state index contributed by atoms with van der Waals surface area (Å²) in [6.07, 6.45) is 2.57. The molecule has 0 aliphatic heterocycles. The van der Waals surface area contributed by atoms with Crippen LogP contribution in [-0.2, 0) is 9.59 Å². The molecule has 0 saturated carbocycles. The summed E-state index contributed by atoms with van der Waals surface area (Å²) in [6, 6.07) is 0. The summed E-state index contributed by atoms with van der Waals surface area (Å²) < 4.78 is 0. The molecular weight excluding hydrogens is 166 g/mol. The maximum absolute atomic E-state index is 11.2. The molecule has 0 amide bonds. The molecule has 0 aromatic heterocycles. The van der Waals surface area contributed by atoms with Gasteiger partial charge in [0.05, 0.1) is 13.0 Å². The summed E-state index contributed by atoms with van der Waals surface area (Å²) in [7, 11) is 3.66. The number of likely N-dealkylation sites (N-methyl/N-ethyl adjacent to an activating group) is 1. The number of hydrogen-bond donors (Lipinski definition) is 0. The molecule has 76 valence electrons. The van der Waals surface area contributed by atoms with Crippen LogP contribution in [0.2, 0.25) is 0 Å². The van der Waals surface area contributed by atoms with Crippen LogP contribution in [0.3, 0.4) is 0 Å². The van der Waals surface area contributed by atoms with Gasteiger partial charge in [-0.2, -0.15) is 0 Å². The molecule has 0 unspecified atom stereocenters. The second kappa shape index (κ2) is 6.78. The maximum Gasteiger partial charge on any atom is 0.154 e. The summed E-state index contributed by atoms with van der Waals surface area (Å²) in [5.41, 5.74) is 0. The van der Waals surface area contributed by atoms with Gasteiger partial charge in [0.1, 0.15) is 5.78 Å². The van der Waals surface area contributed by atoms with Gasteiger partial charge in [0.15, 0.2) is 5.78 Å². The Balaban J connectivity index is 3.59. The van der Waals surface area contributed by atoms with E-state index in [1.165, 1.54) is 0 Å². The van der Waals surface area contributed by atoms with Gasteiger partial charge in [0.25, 0.3) is 0 Å². The summed E-state index contributed by atoms with van der Waals surface area (Å²) >= 11 is 0. The Hall–Kier alpha value is -0.700. The molecule has 0 rings (SSSR count). The third-order valence-electron chi connectivity index (χ3n) is 1.70. The van der Waals surface area contributed by atoms with E-state index in [1.54, 1.807) is 4.90 Å². The van der Waals surface area contributed by atoms with Gasteiger partial charge < -0.3 is 4.90 Å². The van der Waals surface area contributed by atoms with E-state index in [1.807, 2.05) is 21.0 Å². The topological polar surface area (TPSA) is 37.4 Å². The summed E-state index contributed by atoms with van der Waals surface area (Å²) in [4.78, 5) is 24.1. The van der Waals surface area contributed by atoms with Crippen LogP contribution in [-0.4, -0.2) is 37.1 Å². The second-order valence-electron chi connectivity index (χ2n) is 3.60. The first kappa shape index (κ1) is 12.3.